The van der Waals surface area contributed by atoms with Gasteiger partial charge in [-0.1, -0.05) is 36.6 Å². The number of aliphatic hydroxyl groups excluding tert-OH is 1. The smallest absolute Gasteiger partial charge is 0.158 e. The molecule has 1 aliphatic heterocycles. The topological polar surface area (TPSA) is 65.8 Å². The van der Waals surface area contributed by atoms with E-state index in [1.807, 2.05) is 44.2 Å². The second-order valence-corrected chi connectivity index (χ2v) is 9.60. The average molecular weight is 509 g/mol. The van der Waals surface area contributed by atoms with Crippen LogP contribution in [0.15, 0.2) is 54.7 Å². The molecule has 2 atom stereocenters. The third-order valence-electron chi connectivity index (χ3n) is 6.71. The highest BCUT2D eigenvalue weighted by molar-refractivity contribution is 6.30. The van der Waals surface area contributed by atoms with Gasteiger partial charge in [-0.25, -0.2) is 9.37 Å². The minimum Gasteiger partial charge on any atom is -0.492 e. The average Bonchev–Trinajstić information content (AvgIpc) is 2.87. The standard InChI is InChI=1S/C29H30ClFN2O3/c1-3-29(35)12-13-33(19-28(29)34)14-15-36-27-11-5-21(16-20(27)2)4-10-26-25(31)17-23(18-32-26)22-6-8-24(30)9-7-22/h5-9,11,16-18,28,34-35H,3,12-15,19H2,1-2H3/t28-,29+/m1/s1. The number of aromatic nitrogens is 1. The van der Waals surface area contributed by atoms with Crippen LogP contribution in [0, 0.1) is 24.6 Å². The number of hydrogen-bond acceptors (Lipinski definition) is 5. The lowest BCUT2D eigenvalue weighted by Gasteiger charge is -2.41. The zero-order valence-corrected chi connectivity index (χ0v) is 21.2. The molecule has 0 radical (unpaired) electrons. The summed E-state index contributed by atoms with van der Waals surface area (Å²) in [7, 11) is 0. The maximum absolute atomic E-state index is 14.6. The molecule has 3 aromatic rings. The molecule has 0 aliphatic carbocycles. The predicted molar refractivity (Wildman–Crippen MR) is 140 cm³/mol. The fraction of sp³-hybridized carbons (Fsp3) is 0.345. The van der Waals surface area contributed by atoms with Gasteiger partial charge in [-0.05, 0) is 73.2 Å². The lowest BCUT2D eigenvalue weighted by molar-refractivity contribution is -0.121. The molecule has 1 fully saturated rings. The van der Waals surface area contributed by atoms with Gasteiger partial charge in [-0.2, -0.15) is 0 Å². The molecule has 5 nitrogen and oxygen atoms in total. The van der Waals surface area contributed by atoms with Crippen molar-refractivity contribution in [2.45, 2.75) is 38.4 Å². The van der Waals surface area contributed by atoms with Crippen LogP contribution >= 0.6 is 11.6 Å². The molecule has 188 valence electrons. The normalized spacial score (nSPS) is 20.0. The summed E-state index contributed by atoms with van der Waals surface area (Å²) in [6.07, 6.45) is 1.95. The highest BCUT2D eigenvalue weighted by atomic mass is 35.5. The summed E-state index contributed by atoms with van der Waals surface area (Å²) >= 11 is 5.92. The van der Waals surface area contributed by atoms with Gasteiger partial charge in [0.1, 0.15) is 18.1 Å². The van der Waals surface area contributed by atoms with Crippen LogP contribution in [0.4, 0.5) is 4.39 Å². The van der Waals surface area contributed by atoms with E-state index in [4.69, 9.17) is 16.3 Å². The molecule has 2 heterocycles. The van der Waals surface area contributed by atoms with E-state index in [9.17, 15) is 14.6 Å². The van der Waals surface area contributed by atoms with E-state index in [1.165, 1.54) is 6.07 Å². The Balaban J connectivity index is 1.34. The number of pyridine rings is 1. The fourth-order valence-corrected chi connectivity index (χ4v) is 4.40. The number of benzene rings is 2. The monoisotopic (exact) mass is 508 g/mol. The summed E-state index contributed by atoms with van der Waals surface area (Å²) in [5, 5.41) is 21.2. The number of aryl methyl sites for hydroxylation is 1. The number of rotatable bonds is 6. The van der Waals surface area contributed by atoms with E-state index in [1.54, 1.807) is 18.3 Å². The van der Waals surface area contributed by atoms with Crippen LogP contribution in [0.1, 0.15) is 36.6 Å². The minimum absolute atomic E-state index is 0.0874. The zero-order valence-electron chi connectivity index (χ0n) is 20.5. The molecule has 0 saturated carbocycles. The van der Waals surface area contributed by atoms with Crippen LogP contribution in [0.2, 0.25) is 5.02 Å². The molecule has 1 aliphatic rings. The van der Waals surface area contributed by atoms with Gasteiger partial charge in [0.2, 0.25) is 0 Å². The summed E-state index contributed by atoms with van der Waals surface area (Å²) in [4.78, 5) is 6.29. The van der Waals surface area contributed by atoms with Crippen molar-refractivity contribution >= 4 is 11.6 Å². The molecular formula is C29H30ClFN2O3. The van der Waals surface area contributed by atoms with E-state index in [2.05, 4.69) is 21.7 Å². The number of nitrogens with zero attached hydrogens (tertiary/aromatic N) is 2. The number of hydrogen-bond donors (Lipinski definition) is 2. The van der Waals surface area contributed by atoms with E-state index in [0.717, 1.165) is 29.0 Å². The quantitative estimate of drug-likeness (QED) is 0.467. The molecule has 0 spiro atoms. The Morgan fingerprint density at radius 1 is 1.17 bits per heavy atom. The lowest BCUT2D eigenvalue weighted by Crippen LogP contribution is -2.55. The number of ether oxygens (including phenoxy) is 1. The van der Waals surface area contributed by atoms with Crippen molar-refractivity contribution in [2.75, 3.05) is 26.2 Å². The van der Waals surface area contributed by atoms with Crippen molar-refractivity contribution in [3.8, 4) is 28.7 Å². The summed E-state index contributed by atoms with van der Waals surface area (Å²) < 4.78 is 20.5. The van der Waals surface area contributed by atoms with Crippen molar-refractivity contribution in [1.29, 1.82) is 0 Å². The van der Waals surface area contributed by atoms with Gasteiger partial charge in [0.25, 0.3) is 0 Å². The Morgan fingerprint density at radius 3 is 2.61 bits per heavy atom. The highest BCUT2D eigenvalue weighted by Gasteiger charge is 2.38. The first-order valence-corrected chi connectivity index (χ1v) is 12.4. The van der Waals surface area contributed by atoms with Crippen LogP contribution in [0.5, 0.6) is 5.75 Å². The summed E-state index contributed by atoms with van der Waals surface area (Å²) in [6.45, 7) is 6.12. The van der Waals surface area contributed by atoms with E-state index < -0.39 is 17.5 Å². The third kappa shape index (κ3) is 6.24. The Morgan fingerprint density at radius 2 is 1.94 bits per heavy atom. The Hall–Kier alpha value is -2.95. The van der Waals surface area contributed by atoms with Gasteiger partial charge >= 0.3 is 0 Å². The maximum atomic E-state index is 14.6. The lowest BCUT2D eigenvalue weighted by atomic mass is 9.86. The minimum atomic E-state index is -0.984. The molecule has 0 bridgehead atoms. The van der Waals surface area contributed by atoms with Crippen LogP contribution in [0.25, 0.3) is 11.1 Å². The van der Waals surface area contributed by atoms with E-state index in [0.29, 0.717) is 43.1 Å². The van der Waals surface area contributed by atoms with Crippen LogP contribution < -0.4 is 4.74 Å². The third-order valence-corrected chi connectivity index (χ3v) is 6.96. The molecule has 7 heteroatoms. The summed E-state index contributed by atoms with van der Waals surface area (Å²) in [5.41, 5.74) is 2.25. The molecule has 1 aromatic heterocycles. The molecule has 2 aromatic carbocycles. The maximum Gasteiger partial charge on any atom is 0.158 e. The number of halogens is 2. The van der Waals surface area contributed by atoms with Gasteiger partial charge < -0.3 is 14.9 Å². The van der Waals surface area contributed by atoms with Crippen molar-refractivity contribution in [1.82, 2.24) is 9.88 Å². The van der Waals surface area contributed by atoms with Crippen molar-refractivity contribution in [2.24, 2.45) is 0 Å². The van der Waals surface area contributed by atoms with Crippen LogP contribution in [0.3, 0.4) is 0 Å². The van der Waals surface area contributed by atoms with Gasteiger partial charge in [0.05, 0.1) is 11.7 Å². The molecule has 2 N–H and O–H groups in total. The molecule has 0 unspecified atom stereocenters. The second kappa shape index (κ2) is 11.4. The SMILES string of the molecule is CC[C@]1(O)CCN(CCOc2ccc(C#Cc3ncc(-c4ccc(Cl)cc4)cc3F)cc2C)C[C@H]1O. The highest BCUT2D eigenvalue weighted by Crippen LogP contribution is 2.26. The van der Waals surface area contributed by atoms with Crippen molar-refractivity contribution < 1.29 is 19.3 Å². The first-order chi connectivity index (χ1) is 17.3. The molecule has 1 saturated heterocycles. The van der Waals surface area contributed by atoms with Gasteiger partial charge in [0, 0.05) is 42.0 Å². The molecule has 0 amide bonds. The Kier molecular flexibility index (Phi) is 8.28. The number of likely N-dealkylation sites (tertiary alicyclic amines) is 1. The summed E-state index contributed by atoms with van der Waals surface area (Å²) in [5.74, 6) is 6.06. The van der Waals surface area contributed by atoms with Crippen molar-refractivity contribution in [3.63, 3.8) is 0 Å². The van der Waals surface area contributed by atoms with Crippen molar-refractivity contribution in [3.05, 3.63) is 82.4 Å². The Labute approximate surface area is 216 Å². The van der Waals surface area contributed by atoms with Crippen LogP contribution in [-0.2, 0) is 0 Å². The van der Waals surface area contributed by atoms with Crippen LogP contribution in [-0.4, -0.2) is 58.0 Å². The number of piperidine rings is 1. The predicted octanol–water partition coefficient (Wildman–Crippen LogP) is 4.84. The molecule has 36 heavy (non-hydrogen) atoms. The van der Waals surface area contributed by atoms with Gasteiger partial charge in [-0.3, -0.25) is 4.90 Å². The van der Waals surface area contributed by atoms with Gasteiger partial charge in [-0.15, -0.1) is 0 Å². The zero-order chi connectivity index (χ0) is 25.7. The largest absolute Gasteiger partial charge is 0.492 e. The van der Waals surface area contributed by atoms with E-state index >= 15 is 0 Å². The number of aliphatic hydroxyl groups is 2. The van der Waals surface area contributed by atoms with Gasteiger partial charge in [0.15, 0.2) is 5.82 Å². The first kappa shape index (κ1) is 26.1. The first-order valence-electron chi connectivity index (χ1n) is 12.1. The Bertz CT molecular complexity index is 1270. The number of β-amino-alcohol motifs (C(OH)–C–C–N with tert-alkyl or cyclic N) is 1. The fourth-order valence-electron chi connectivity index (χ4n) is 4.27. The second-order valence-electron chi connectivity index (χ2n) is 9.16. The molecular weight excluding hydrogens is 479 g/mol. The molecule has 4 rings (SSSR count). The summed E-state index contributed by atoms with van der Waals surface area (Å²) in [6, 6.07) is 14.2. The van der Waals surface area contributed by atoms with E-state index in [-0.39, 0.29) is 5.69 Å².